The van der Waals surface area contributed by atoms with Crippen LogP contribution in [-0.2, 0) is 6.67 Å². The Morgan fingerprint density at radius 2 is 1.80 bits per heavy atom. The summed E-state index contributed by atoms with van der Waals surface area (Å²) in [6, 6.07) is 14.3. The van der Waals surface area contributed by atoms with Crippen molar-refractivity contribution in [1.82, 2.24) is 14.3 Å². The number of piperazine rings is 1. The largest absolute Gasteiger partial charge is 0.360 e. The van der Waals surface area contributed by atoms with Gasteiger partial charge in [0.15, 0.2) is 12.5 Å². The summed E-state index contributed by atoms with van der Waals surface area (Å²) < 4.78 is 4.66. The lowest BCUT2D eigenvalue weighted by Gasteiger charge is -2.33. The molecule has 0 radical (unpaired) electrons. The molecule has 0 amide bonds. The molecule has 7 heteroatoms. The van der Waals surface area contributed by atoms with Crippen LogP contribution in [0.1, 0.15) is 28.4 Å². The minimum Gasteiger partial charge on any atom is -0.360 e. The van der Waals surface area contributed by atoms with Crippen molar-refractivity contribution < 1.29 is 9.69 Å². The van der Waals surface area contributed by atoms with Crippen molar-refractivity contribution in [1.29, 1.82) is 0 Å². The molecule has 1 aliphatic heterocycles. The number of hydrogen-bond donors (Lipinski definition) is 1. The Balaban J connectivity index is 1.40. The summed E-state index contributed by atoms with van der Waals surface area (Å²) in [5.41, 5.74) is 5.47. The van der Waals surface area contributed by atoms with Crippen molar-refractivity contribution in [2.45, 2.75) is 27.4 Å². The number of nitrogens with zero attached hydrogens (tertiary/aromatic N) is 4. The van der Waals surface area contributed by atoms with E-state index < -0.39 is 0 Å². The lowest BCUT2D eigenvalue weighted by atomic mass is 10.1. The maximum absolute atomic E-state index is 11.5. The van der Waals surface area contributed by atoms with Gasteiger partial charge in [0.05, 0.1) is 31.9 Å². The fourth-order valence-electron chi connectivity index (χ4n) is 4.04. The molecule has 0 unspecified atom stereocenters. The zero-order valence-corrected chi connectivity index (χ0v) is 18.6. The van der Waals surface area contributed by atoms with Crippen molar-refractivity contribution in [2.75, 3.05) is 31.1 Å². The van der Waals surface area contributed by atoms with Gasteiger partial charge in [0.25, 0.3) is 0 Å². The van der Waals surface area contributed by atoms with Crippen LogP contribution in [0.2, 0.25) is 0 Å². The number of quaternary nitrogens is 1. The highest BCUT2D eigenvalue weighted by atomic mass is 32.1. The van der Waals surface area contributed by atoms with E-state index in [2.05, 4.69) is 42.0 Å². The molecular weight excluding hydrogens is 394 g/mol. The van der Waals surface area contributed by atoms with E-state index in [1.165, 1.54) is 21.7 Å². The van der Waals surface area contributed by atoms with Crippen molar-refractivity contribution in [3.63, 3.8) is 0 Å². The van der Waals surface area contributed by atoms with Gasteiger partial charge in [0.1, 0.15) is 6.33 Å². The molecule has 156 valence electrons. The molecular formula is C23H28N5OS+. The summed E-state index contributed by atoms with van der Waals surface area (Å²) in [6.07, 6.45) is 1.83. The number of carbonyl (C=O) groups excluding carboxylic acids is 1. The molecule has 6 nitrogen and oxygen atoms in total. The molecule has 1 N–H and O–H groups in total. The van der Waals surface area contributed by atoms with Gasteiger partial charge in [-0.15, -0.1) is 0 Å². The van der Waals surface area contributed by atoms with Crippen LogP contribution in [0.5, 0.6) is 0 Å². The van der Waals surface area contributed by atoms with E-state index >= 15 is 0 Å². The number of benzene rings is 2. The zero-order valence-electron chi connectivity index (χ0n) is 17.8. The molecule has 1 aromatic heterocycles. The second-order valence-electron chi connectivity index (χ2n) is 8.07. The van der Waals surface area contributed by atoms with Crippen LogP contribution in [0.15, 0.2) is 48.8 Å². The van der Waals surface area contributed by atoms with Gasteiger partial charge in [-0.25, -0.2) is 0 Å². The highest BCUT2D eigenvalue weighted by Crippen LogP contribution is 2.17. The van der Waals surface area contributed by atoms with Crippen LogP contribution in [-0.4, -0.2) is 46.3 Å². The summed E-state index contributed by atoms with van der Waals surface area (Å²) >= 11 is 5.71. The van der Waals surface area contributed by atoms with E-state index in [1.807, 2.05) is 39.8 Å². The maximum atomic E-state index is 11.5. The lowest BCUT2D eigenvalue weighted by Crippen LogP contribution is -3.14. The normalized spacial score (nSPS) is 14.8. The van der Waals surface area contributed by atoms with Crippen LogP contribution >= 0.6 is 12.2 Å². The van der Waals surface area contributed by atoms with Crippen LogP contribution in [0.3, 0.4) is 0 Å². The maximum Gasteiger partial charge on any atom is 0.207 e. The van der Waals surface area contributed by atoms with Crippen molar-refractivity contribution in [3.05, 3.63) is 70.3 Å². The first-order valence-electron chi connectivity index (χ1n) is 10.3. The van der Waals surface area contributed by atoms with Gasteiger partial charge in [-0.05, 0) is 68.9 Å². The first-order valence-corrected chi connectivity index (χ1v) is 10.7. The number of anilines is 1. The second-order valence-corrected chi connectivity index (χ2v) is 8.44. The van der Waals surface area contributed by atoms with Gasteiger partial charge in [-0.1, -0.05) is 17.7 Å². The summed E-state index contributed by atoms with van der Waals surface area (Å²) in [5.74, 6) is 0.104. The van der Waals surface area contributed by atoms with Crippen LogP contribution in [0, 0.1) is 18.6 Å². The third kappa shape index (κ3) is 4.22. The van der Waals surface area contributed by atoms with Crippen molar-refractivity contribution >= 4 is 23.7 Å². The summed E-state index contributed by atoms with van der Waals surface area (Å²) in [7, 11) is 0. The molecule has 1 saturated heterocycles. The molecule has 3 aromatic rings. The molecule has 1 fully saturated rings. The summed E-state index contributed by atoms with van der Waals surface area (Å²) in [4.78, 5) is 15.3. The molecule has 0 bridgehead atoms. The Morgan fingerprint density at radius 3 is 2.43 bits per heavy atom. The lowest BCUT2D eigenvalue weighted by molar-refractivity contribution is -0.924. The molecule has 4 rings (SSSR count). The molecule has 2 heterocycles. The van der Waals surface area contributed by atoms with Gasteiger partial charge in [-0.2, -0.15) is 9.78 Å². The monoisotopic (exact) mass is 422 g/mol. The minimum atomic E-state index is 0.104. The van der Waals surface area contributed by atoms with Crippen LogP contribution < -0.4 is 9.80 Å². The molecule has 0 spiro atoms. The Bertz CT molecular complexity index is 1110. The third-order valence-electron chi connectivity index (χ3n) is 5.83. The van der Waals surface area contributed by atoms with E-state index in [-0.39, 0.29) is 5.78 Å². The highest BCUT2D eigenvalue weighted by molar-refractivity contribution is 7.71. The number of carbonyl (C=O) groups is 1. The predicted molar refractivity (Wildman–Crippen MR) is 121 cm³/mol. The van der Waals surface area contributed by atoms with E-state index in [4.69, 9.17) is 12.2 Å². The third-order valence-corrected chi connectivity index (χ3v) is 6.24. The molecule has 1 aliphatic rings. The molecule has 2 aromatic carbocycles. The Labute approximate surface area is 182 Å². The molecule has 0 atom stereocenters. The second kappa shape index (κ2) is 8.53. The quantitative estimate of drug-likeness (QED) is 0.507. The Morgan fingerprint density at radius 1 is 1.10 bits per heavy atom. The van der Waals surface area contributed by atoms with Crippen molar-refractivity contribution in [3.8, 4) is 5.69 Å². The number of aryl methyl sites for hydroxylation is 2. The highest BCUT2D eigenvalue weighted by Gasteiger charge is 2.21. The van der Waals surface area contributed by atoms with Gasteiger partial charge in [0.2, 0.25) is 4.77 Å². The zero-order chi connectivity index (χ0) is 21.3. The molecule has 30 heavy (non-hydrogen) atoms. The van der Waals surface area contributed by atoms with Gasteiger partial charge < -0.3 is 9.80 Å². The standard InChI is InChI=1S/C23H27N5OS/c1-17-4-9-22(18(2)14-17)27-15-24-28(23(27)30)16-25-10-12-26(13-11-25)21-7-5-20(6-8-21)19(3)29/h4-9,14-15H,10-13,16H2,1-3H3/p+1. The molecule has 0 saturated carbocycles. The number of aromatic nitrogens is 3. The van der Waals surface area contributed by atoms with Crippen LogP contribution in [0.25, 0.3) is 5.69 Å². The average Bonchev–Trinajstić information content (AvgIpc) is 3.09. The SMILES string of the molecule is CC(=O)c1ccc(N2CC[NH+](Cn3ncn(-c4ccc(C)cc4C)c3=S)CC2)cc1. The Kier molecular flexibility index (Phi) is 5.83. The molecule has 0 aliphatic carbocycles. The fourth-order valence-corrected chi connectivity index (χ4v) is 4.30. The number of ketones is 1. The topological polar surface area (TPSA) is 47.5 Å². The Hall–Kier alpha value is -2.77. The van der Waals surface area contributed by atoms with Gasteiger partial charge in [0, 0.05) is 11.3 Å². The first kappa shape index (κ1) is 20.5. The van der Waals surface area contributed by atoms with E-state index in [9.17, 15) is 4.79 Å². The van der Waals surface area contributed by atoms with Gasteiger partial charge in [-0.3, -0.25) is 9.36 Å². The minimum absolute atomic E-state index is 0.104. The predicted octanol–water partition coefficient (Wildman–Crippen LogP) is 2.59. The number of hydrogen-bond acceptors (Lipinski definition) is 4. The van der Waals surface area contributed by atoms with E-state index in [1.54, 1.807) is 6.92 Å². The van der Waals surface area contributed by atoms with E-state index in [0.717, 1.165) is 48.9 Å². The number of nitrogens with one attached hydrogen (secondary N) is 1. The van der Waals surface area contributed by atoms with Crippen LogP contribution in [0.4, 0.5) is 5.69 Å². The number of rotatable bonds is 5. The first-order chi connectivity index (χ1) is 14.4. The summed E-state index contributed by atoms with van der Waals surface area (Å²) in [6.45, 7) is 10.6. The van der Waals surface area contributed by atoms with E-state index in [0.29, 0.717) is 0 Å². The smallest absolute Gasteiger partial charge is 0.207 e. The fraction of sp³-hybridized carbons (Fsp3) is 0.348. The average molecular weight is 423 g/mol. The number of Topliss-reactive ketones (excluding diaryl/α,β-unsaturated/α-hetero) is 1. The van der Waals surface area contributed by atoms with Crippen molar-refractivity contribution in [2.24, 2.45) is 0 Å². The summed E-state index contributed by atoms with van der Waals surface area (Å²) in [5, 5.41) is 4.56. The van der Waals surface area contributed by atoms with Gasteiger partial charge >= 0.3 is 0 Å².